The summed E-state index contributed by atoms with van der Waals surface area (Å²) in [6.07, 6.45) is 0. The second kappa shape index (κ2) is 9.78. The fourth-order valence-electron chi connectivity index (χ4n) is 2.33. The van der Waals surface area contributed by atoms with E-state index in [1.807, 2.05) is 46.8 Å². The summed E-state index contributed by atoms with van der Waals surface area (Å²) in [5.41, 5.74) is 2.67. The van der Waals surface area contributed by atoms with Gasteiger partial charge in [-0.05, 0) is 45.9 Å². The molecule has 0 bridgehead atoms. The Balaban J connectivity index is 2.50. The molecule has 0 spiro atoms. The lowest BCUT2D eigenvalue weighted by atomic mass is 10.1. The van der Waals surface area contributed by atoms with Gasteiger partial charge in [0.15, 0.2) is 0 Å². The summed E-state index contributed by atoms with van der Waals surface area (Å²) in [5, 5.41) is 7.72. The average Bonchev–Trinajstić information content (AvgIpc) is 2.48. The molecule has 0 aliphatic rings. The van der Waals surface area contributed by atoms with Gasteiger partial charge in [-0.3, -0.25) is 19.8 Å². The molecule has 1 rings (SSSR count). The minimum Gasteiger partial charge on any atom is -0.353 e. The Morgan fingerprint density at radius 1 is 1.08 bits per heavy atom. The van der Waals surface area contributed by atoms with E-state index in [1.54, 1.807) is 11.0 Å². The van der Waals surface area contributed by atoms with Crippen LogP contribution in [0, 0.1) is 13.8 Å². The van der Waals surface area contributed by atoms with Gasteiger partial charge < -0.3 is 10.6 Å². The zero-order valence-electron chi connectivity index (χ0n) is 15.6. The largest absolute Gasteiger partial charge is 0.353 e. The zero-order chi connectivity index (χ0) is 19.0. The summed E-state index contributed by atoms with van der Waals surface area (Å²) in [4.78, 5) is 37.4. The van der Waals surface area contributed by atoms with Crippen LogP contribution in [-0.4, -0.2) is 48.4 Å². The van der Waals surface area contributed by atoms with Gasteiger partial charge in [0.1, 0.15) is 0 Å². The Morgan fingerprint density at radius 2 is 1.72 bits per heavy atom. The minimum atomic E-state index is -0.584. The van der Waals surface area contributed by atoms with Crippen molar-refractivity contribution < 1.29 is 14.4 Å². The van der Waals surface area contributed by atoms with Crippen molar-refractivity contribution in [3.63, 3.8) is 0 Å². The number of amides is 4. The van der Waals surface area contributed by atoms with Crippen molar-refractivity contribution in [2.24, 2.45) is 0 Å². The van der Waals surface area contributed by atoms with Crippen LogP contribution in [0.2, 0.25) is 0 Å². The highest BCUT2D eigenvalue weighted by Crippen LogP contribution is 2.15. The highest BCUT2D eigenvalue weighted by Gasteiger charge is 2.15. The van der Waals surface area contributed by atoms with Crippen LogP contribution in [0.25, 0.3) is 0 Å². The molecule has 25 heavy (non-hydrogen) atoms. The normalized spacial score (nSPS) is 10.7. The zero-order valence-corrected chi connectivity index (χ0v) is 15.6. The molecule has 0 aliphatic carbocycles. The molecule has 0 atom stereocenters. The van der Waals surface area contributed by atoms with Crippen LogP contribution in [0.5, 0.6) is 0 Å². The van der Waals surface area contributed by atoms with Crippen LogP contribution < -0.4 is 16.0 Å². The number of carbonyl (C=O) groups is 3. The first-order valence-corrected chi connectivity index (χ1v) is 8.41. The number of hydrogen-bond acceptors (Lipinski definition) is 4. The Kier molecular flexibility index (Phi) is 8.07. The van der Waals surface area contributed by atoms with Gasteiger partial charge in [-0.2, -0.15) is 0 Å². The predicted molar refractivity (Wildman–Crippen MR) is 98.5 cm³/mol. The number of aryl methyl sites for hydroxylation is 2. The highest BCUT2D eigenvalue weighted by molar-refractivity contribution is 6.02. The fraction of sp³-hybridized carbons (Fsp3) is 0.500. The van der Waals surface area contributed by atoms with Gasteiger partial charge in [-0.15, -0.1) is 0 Å². The van der Waals surface area contributed by atoms with Crippen molar-refractivity contribution in [2.45, 2.75) is 40.7 Å². The van der Waals surface area contributed by atoms with Crippen LogP contribution >= 0.6 is 0 Å². The van der Waals surface area contributed by atoms with Crippen molar-refractivity contribution in [1.29, 1.82) is 0 Å². The Bertz CT molecular complexity index is 629. The highest BCUT2D eigenvalue weighted by atomic mass is 16.2. The first kappa shape index (κ1) is 20.6. The molecule has 1 aromatic rings. The molecule has 0 fully saturated rings. The van der Waals surface area contributed by atoms with Gasteiger partial charge in [0.2, 0.25) is 11.8 Å². The van der Waals surface area contributed by atoms with E-state index in [2.05, 4.69) is 16.0 Å². The number of nitrogens with zero attached hydrogens (tertiary/aromatic N) is 1. The molecular weight excluding hydrogens is 320 g/mol. The van der Waals surface area contributed by atoms with Crippen molar-refractivity contribution in [3.05, 3.63) is 29.3 Å². The second-order valence-electron chi connectivity index (χ2n) is 6.35. The van der Waals surface area contributed by atoms with Crippen LogP contribution in [0.4, 0.5) is 10.5 Å². The van der Waals surface area contributed by atoms with Crippen LogP contribution in [0.3, 0.4) is 0 Å². The van der Waals surface area contributed by atoms with E-state index in [-0.39, 0.29) is 25.0 Å². The Labute approximate surface area is 149 Å². The smallest absolute Gasteiger partial charge is 0.325 e. The van der Waals surface area contributed by atoms with E-state index in [1.165, 1.54) is 0 Å². The molecule has 7 heteroatoms. The molecule has 7 nitrogen and oxygen atoms in total. The quantitative estimate of drug-likeness (QED) is 0.701. The van der Waals surface area contributed by atoms with Gasteiger partial charge in [-0.25, -0.2) is 4.79 Å². The molecule has 0 heterocycles. The van der Waals surface area contributed by atoms with Gasteiger partial charge in [0.25, 0.3) is 0 Å². The van der Waals surface area contributed by atoms with Gasteiger partial charge in [-0.1, -0.05) is 24.6 Å². The molecule has 0 saturated heterocycles. The molecular formula is C18H28N4O3. The fourth-order valence-corrected chi connectivity index (χ4v) is 2.33. The lowest BCUT2D eigenvalue weighted by molar-refractivity contribution is -0.124. The maximum atomic E-state index is 12.0. The maximum absolute atomic E-state index is 12.0. The summed E-state index contributed by atoms with van der Waals surface area (Å²) in [6, 6.07) is 5.09. The van der Waals surface area contributed by atoms with E-state index in [4.69, 9.17) is 0 Å². The van der Waals surface area contributed by atoms with Crippen LogP contribution in [-0.2, 0) is 9.59 Å². The van der Waals surface area contributed by atoms with E-state index in [0.717, 1.165) is 11.1 Å². The van der Waals surface area contributed by atoms with Gasteiger partial charge in [0, 0.05) is 11.7 Å². The number of anilines is 1. The SMILES string of the molecule is CCN(CC(=O)NC(=O)Nc1ccc(C)cc1C)CC(=O)NC(C)C. The van der Waals surface area contributed by atoms with Crippen molar-refractivity contribution in [1.82, 2.24) is 15.5 Å². The van der Waals surface area contributed by atoms with E-state index < -0.39 is 11.9 Å². The summed E-state index contributed by atoms with van der Waals surface area (Å²) in [6.45, 7) is 10.1. The monoisotopic (exact) mass is 348 g/mol. The molecule has 4 amide bonds. The van der Waals surface area contributed by atoms with E-state index >= 15 is 0 Å². The lowest BCUT2D eigenvalue weighted by Crippen LogP contribution is -2.46. The standard InChI is InChI=1S/C18H28N4O3/c1-6-22(10-16(23)19-12(2)3)11-17(24)21-18(25)20-15-8-7-13(4)9-14(15)5/h7-9,12H,6,10-11H2,1-5H3,(H,19,23)(H2,20,21,24,25). The molecule has 0 unspecified atom stereocenters. The van der Waals surface area contributed by atoms with Crippen molar-refractivity contribution in [2.75, 3.05) is 25.0 Å². The third-order valence-electron chi connectivity index (χ3n) is 3.51. The molecule has 0 aromatic heterocycles. The average molecular weight is 348 g/mol. The summed E-state index contributed by atoms with van der Waals surface area (Å²) >= 11 is 0. The predicted octanol–water partition coefficient (Wildman–Crippen LogP) is 1.80. The minimum absolute atomic E-state index is 0.0255. The van der Waals surface area contributed by atoms with Crippen molar-refractivity contribution in [3.8, 4) is 0 Å². The lowest BCUT2D eigenvalue weighted by Gasteiger charge is -2.20. The molecule has 0 radical (unpaired) electrons. The summed E-state index contributed by atoms with van der Waals surface area (Å²) < 4.78 is 0. The topological polar surface area (TPSA) is 90.5 Å². The molecule has 3 N–H and O–H groups in total. The first-order valence-electron chi connectivity index (χ1n) is 8.41. The van der Waals surface area contributed by atoms with Crippen LogP contribution in [0.15, 0.2) is 18.2 Å². The first-order chi connectivity index (χ1) is 11.7. The molecule has 0 aliphatic heterocycles. The molecule has 1 aromatic carbocycles. The number of nitrogens with one attached hydrogen (secondary N) is 3. The number of rotatable bonds is 7. The van der Waals surface area contributed by atoms with Gasteiger partial charge >= 0.3 is 6.03 Å². The molecule has 138 valence electrons. The number of urea groups is 1. The van der Waals surface area contributed by atoms with Crippen LogP contribution in [0.1, 0.15) is 31.9 Å². The van der Waals surface area contributed by atoms with E-state index in [9.17, 15) is 14.4 Å². The third kappa shape index (κ3) is 7.80. The summed E-state index contributed by atoms with van der Waals surface area (Å²) in [7, 11) is 0. The Hall–Kier alpha value is -2.41. The number of imide groups is 1. The number of hydrogen-bond donors (Lipinski definition) is 3. The van der Waals surface area contributed by atoms with Crippen molar-refractivity contribution >= 4 is 23.5 Å². The maximum Gasteiger partial charge on any atom is 0.325 e. The third-order valence-corrected chi connectivity index (χ3v) is 3.51. The Morgan fingerprint density at radius 3 is 2.28 bits per heavy atom. The second-order valence-corrected chi connectivity index (χ2v) is 6.35. The number of likely N-dealkylation sites (N-methyl/N-ethyl adjacent to an activating group) is 1. The molecule has 0 saturated carbocycles. The number of carbonyl (C=O) groups excluding carboxylic acids is 3. The van der Waals surface area contributed by atoms with Gasteiger partial charge in [0.05, 0.1) is 13.1 Å². The summed E-state index contributed by atoms with van der Waals surface area (Å²) in [5.74, 6) is -0.606. The van der Waals surface area contributed by atoms with E-state index in [0.29, 0.717) is 12.2 Å². The number of benzene rings is 1.